The number of rotatable bonds is 9. The molecule has 0 unspecified atom stereocenters. The monoisotopic (exact) mass is 988 g/mol. The van der Waals surface area contributed by atoms with Gasteiger partial charge in [-0.2, -0.15) is 0 Å². The normalized spacial score (nSPS) is 11.6. The molecule has 0 fully saturated rings. The molecule has 7 aromatic carbocycles. The molecule has 0 bridgehead atoms. The number of aromatic nitrogens is 12. The largest absolute Gasteiger partial charge is 0.309 e. The molecule has 0 saturated heterocycles. The summed E-state index contributed by atoms with van der Waals surface area (Å²) in [6.45, 7) is 0. The lowest BCUT2D eigenvalue weighted by atomic mass is 10.0. The quantitative estimate of drug-likeness (QED) is 0.139. The number of para-hydroxylation sites is 3. The Balaban J connectivity index is 0.705. The minimum atomic E-state index is 0.369. The maximum Gasteiger partial charge on any atom is 0.201 e. The molecule has 12 nitrogen and oxygen atoms in total. The van der Waals surface area contributed by atoms with E-state index < -0.39 is 0 Å². The molecule has 8 heterocycles. The van der Waals surface area contributed by atoms with Crippen molar-refractivity contribution in [1.82, 2.24) is 58.4 Å². The van der Waals surface area contributed by atoms with Crippen molar-refractivity contribution in [2.45, 2.75) is 0 Å². The van der Waals surface area contributed by atoms with E-state index >= 15 is 0 Å². The minimum Gasteiger partial charge on any atom is -0.309 e. The first kappa shape index (κ1) is 43.7. The zero-order valence-electron chi connectivity index (χ0n) is 41.0. The number of hydrogen-bond acceptors (Lipinski definition) is 9. The van der Waals surface area contributed by atoms with E-state index in [1.165, 1.54) is 21.8 Å². The summed E-state index contributed by atoms with van der Waals surface area (Å²) in [5.74, 6) is 2.30. The summed E-state index contributed by atoms with van der Waals surface area (Å²) in [6, 6.07) is 69.1. The molecule has 0 aliphatic carbocycles. The third-order valence-corrected chi connectivity index (χ3v) is 14.3. The van der Waals surface area contributed by atoms with Gasteiger partial charge in [-0.15, -0.1) is 0 Å². The van der Waals surface area contributed by atoms with Crippen molar-refractivity contribution >= 4 is 49.3 Å². The molecule has 0 saturated carbocycles. The number of imidazole rings is 1. The van der Waals surface area contributed by atoms with Crippen LogP contribution >= 0.6 is 0 Å². The van der Waals surface area contributed by atoms with Crippen LogP contribution in [-0.4, -0.2) is 58.4 Å². The molecule has 77 heavy (non-hydrogen) atoms. The van der Waals surface area contributed by atoms with Gasteiger partial charge < -0.3 is 13.5 Å². The molecule has 15 aromatic rings. The van der Waals surface area contributed by atoms with Gasteiger partial charge in [0.15, 0.2) is 23.3 Å². The van der Waals surface area contributed by atoms with Crippen molar-refractivity contribution < 1.29 is 0 Å². The second-order valence-electron chi connectivity index (χ2n) is 18.8. The lowest BCUT2D eigenvalue weighted by molar-refractivity contribution is 1.02. The van der Waals surface area contributed by atoms with E-state index in [2.05, 4.69) is 172 Å². The Morgan fingerprint density at radius 2 is 0.857 bits per heavy atom. The lowest BCUT2D eigenvalue weighted by Gasteiger charge is -2.10. The first-order valence-electron chi connectivity index (χ1n) is 25.2. The average Bonchev–Trinajstić information content (AvgIpc) is 4.38. The molecule has 15 rings (SSSR count). The molecular formula is C65H40N12. The highest BCUT2D eigenvalue weighted by Gasteiger charge is 2.19. The fraction of sp³-hybridized carbons (Fsp3) is 0. The van der Waals surface area contributed by atoms with Crippen molar-refractivity contribution in [1.29, 1.82) is 0 Å². The lowest BCUT2D eigenvalue weighted by Crippen LogP contribution is -2.03. The van der Waals surface area contributed by atoms with Crippen LogP contribution in [0.15, 0.2) is 244 Å². The van der Waals surface area contributed by atoms with Gasteiger partial charge >= 0.3 is 0 Å². The molecule has 0 atom stereocenters. The third-order valence-electron chi connectivity index (χ3n) is 14.3. The fourth-order valence-corrected chi connectivity index (χ4v) is 10.6. The maximum absolute atomic E-state index is 5.05. The molecule has 0 N–H and O–H groups in total. The summed E-state index contributed by atoms with van der Waals surface area (Å²) in [6.07, 6.45) is 13.2. The van der Waals surface area contributed by atoms with Gasteiger partial charge in [-0.05, 0) is 95.1 Å². The summed E-state index contributed by atoms with van der Waals surface area (Å²) in [7, 11) is 0. The van der Waals surface area contributed by atoms with E-state index in [-0.39, 0.29) is 0 Å². The van der Waals surface area contributed by atoms with Crippen LogP contribution in [0.4, 0.5) is 0 Å². The van der Waals surface area contributed by atoms with Crippen molar-refractivity contribution in [3.05, 3.63) is 244 Å². The van der Waals surface area contributed by atoms with E-state index in [0.717, 1.165) is 77.8 Å². The molecule has 8 aromatic heterocycles. The van der Waals surface area contributed by atoms with Crippen molar-refractivity contribution in [2.75, 3.05) is 0 Å². The number of nitrogens with zero attached hydrogens (tertiary/aromatic N) is 12. The first-order chi connectivity index (χ1) is 38.1. The van der Waals surface area contributed by atoms with Crippen LogP contribution in [0.5, 0.6) is 0 Å². The highest BCUT2D eigenvalue weighted by molar-refractivity contribution is 6.16. The molecule has 0 aliphatic rings. The maximum atomic E-state index is 5.05. The van der Waals surface area contributed by atoms with Crippen LogP contribution in [-0.2, 0) is 0 Å². The van der Waals surface area contributed by atoms with Crippen LogP contribution < -0.4 is 0 Å². The van der Waals surface area contributed by atoms with Gasteiger partial charge in [-0.25, -0.2) is 39.9 Å². The summed E-state index contributed by atoms with van der Waals surface area (Å²) in [5.41, 5.74) is 15.7. The van der Waals surface area contributed by atoms with Crippen LogP contribution in [0.3, 0.4) is 0 Å². The second-order valence-corrected chi connectivity index (χ2v) is 18.8. The Labute approximate surface area is 440 Å². The molecule has 360 valence electrons. The smallest absolute Gasteiger partial charge is 0.201 e. The van der Waals surface area contributed by atoms with Crippen LogP contribution in [0.25, 0.3) is 140 Å². The predicted molar refractivity (Wildman–Crippen MR) is 304 cm³/mol. The zero-order valence-corrected chi connectivity index (χ0v) is 41.0. The van der Waals surface area contributed by atoms with Crippen LogP contribution in [0.1, 0.15) is 0 Å². The summed E-state index contributed by atoms with van der Waals surface area (Å²) < 4.78 is 6.68. The third kappa shape index (κ3) is 7.58. The Hall–Kier alpha value is -10.9. The number of benzene rings is 7. The van der Waals surface area contributed by atoms with Gasteiger partial charge in [-0.1, -0.05) is 127 Å². The fourth-order valence-electron chi connectivity index (χ4n) is 10.6. The molecule has 0 radical (unpaired) electrons. The van der Waals surface area contributed by atoms with Gasteiger partial charge in [0, 0.05) is 93.0 Å². The van der Waals surface area contributed by atoms with Crippen LogP contribution in [0.2, 0.25) is 0 Å². The minimum absolute atomic E-state index is 0.369. The van der Waals surface area contributed by atoms with Gasteiger partial charge in [0.2, 0.25) is 5.82 Å². The summed E-state index contributed by atoms with van der Waals surface area (Å²) in [4.78, 5) is 43.0. The van der Waals surface area contributed by atoms with Crippen molar-refractivity contribution in [2.24, 2.45) is 0 Å². The molecule has 0 amide bonds. The average molecular weight is 989 g/mol. The van der Waals surface area contributed by atoms with Gasteiger partial charge in [0.25, 0.3) is 0 Å². The Morgan fingerprint density at radius 1 is 0.312 bits per heavy atom. The first-order valence-corrected chi connectivity index (χ1v) is 25.2. The number of fused-ring (bicyclic) bond motifs is 7. The SMILES string of the molecule is c1ccc(-c2nc(-c3ccccn3)nc(-c3ncc(-c4ccc(-n5c6ccccc6c6c(-c7ccn8cc(-c9ncc(-c%10ccc(-n%11c%12ccccc%12c%12ccccc%12%11)cc%10)cn9)nc8c7)cccc65)cc4)cn3)n2)cc1. The van der Waals surface area contributed by atoms with Gasteiger partial charge in [0.1, 0.15) is 17.0 Å². The highest BCUT2D eigenvalue weighted by atomic mass is 15.1. The van der Waals surface area contributed by atoms with E-state index in [1.54, 1.807) is 6.20 Å². The highest BCUT2D eigenvalue weighted by Crippen LogP contribution is 2.40. The zero-order chi connectivity index (χ0) is 50.8. The standard InChI is InChI=1S/C65H40N12/c1-2-13-43(14-3-1)61-72-63(53-19-10-11-33-66-53)74-65(73-61)64-69-38-46(39-70-64)42-26-30-48(31-27-42)77-57-22-9-6-17-52(57)60-49(18-12-23-58(60)77)44-32-34-75-40-54(71-59(75)35-44)62-67-36-45(37-68-62)41-24-28-47(29-25-41)76-55-20-7-4-15-50(55)51-16-5-8-21-56(51)76/h1-40H. The van der Waals surface area contributed by atoms with E-state index in [1.807, 2.05) is 83.9 Å². The topological polar surface area (TPSA) is 130 Å². The molecular weight excluding hydrogens is 949 g/mol. The predicted octanol–water partition coefficient (Wildman–Crippen LogP) is 14.4. The Bertz CT molecular complexity index is 4590. The second kappa shape index (κ2) is 18.0. The van der Waals surface area contributed by atoms with Crippen LogP contribution in [0, 0.1) is 0 Å². The molecule has 0 spiro atoms. The van der Waals surface area contributed by atoms with Gasteiger partial charge in [0.05, 0.1) is 22.1 Å². The number of hydrogen-bond donors (Lipinski definition) is 0. The summed E-state index contributed by atoms with van der Waals surface area (Å²) in [5, 5.41) is 4.80. The number of pyridine rings is 2. The Morgan fingerprint density at radius 3 is 1.51 bits per heavy atom. The van der Waals surface area contributed by atoms with E-state index in [0.29, 0.717) is 40.5 Å². The Kier molecular flexibility index (Phi) is 10.2. The van der Waals surface area contributed by atoms with Crippen molar-refractivity contribution in [3.63, 3.8) is 0 Å². The van der Waals surface area contributed by atoms with Gasteiger partial charge in [-0.3, -0.25) is 4.98 Å². The van der Waals surface area contributed by atoms with E-state index in [9.17, 15) is 0 Å². The van der Waals surface area contributed by atoms with E-state index in [4.69, 9.17) is 39.9 Å². The molecule has 12 heteroatoms. The van der Waals surface area contributed by atoms with Crippen molar-refractivity contribution in [3.8, 4) is 90.8 Å². The summed E-state index contributed by atoms with van der Waals surface area (Å²) >= 11 is 0. The molecule has 0 aliphatic heterocycles.